The van der Waals surface area contributed by atoms with Gasteiger partial charge in [-0.05, 0) is 18.6 Å². The summed E-state index contributed by atoms with van der Waals surface area (Å²) < 4.78 is 11.1. The molecule has 0 saturated heterocycles. The standard InChI is InChI=1S/C20H18N4O4S/c25-17-2-1-7-27-8-9-28-18-10-13(3-6-22-18)20-24-16(12-29-20)19(26)23-15-4-5-21-11-14(15)17/h3-6,10-12H,1-2,7-9H2,(H,23,26). The van der Waals surface area contributed by atoms with Crippen LogP contribution in [0.1, 0.15) is 33.7 Å². The summed E-state index contributed by atoms with van der Waals surface area (Å²) in [5.41, 5.74) is 1.88. The molecule has 4 bridgehead atoms. The van der Waals surface area contributed by atoms with Crippen molar-refractivity contribution in [3.8, 4) is 16.5 Å². The molecule has 1 aliphatic heterocycles. The Labute approximate surface area is 170 Å². The normalized spacial score (nSPS) is 15.4. The highest BCUT2D eigenvalue weighted by atomic mass is 32.1. The zero-order chi connectivity index (χ0) is 20.1. The van der Waals surface area contributed by atoms with Crippen molar-refractivity contribution in [1.82, 2.24) is 15.0 Å². The van der Waals surface area contributed by atoms with Crippen LogP contribution in [0.15, 0.2) is 42.2 Å². The summed E-state index contributed by atoms with van der Waals surface area (Å²) in [5.74, 6) is -0.0275. The lowest BCUT2D eigenvalue weighted by atomic mass is 10.1. The number of pyridine rings is 2. The second kappa shape index (κ2) is 8.89. The van der Waals surface area contributed by atoms with E-state index in [4.69, 9.17) is 9.47 Å². The van der Waals surface area contributed by atoms with E-state index in [-0.39, 0.29) is 17.4 Å². The summed E-state index contributed by atoms with van der Waals surface area (Å²) in [6.07, 6.45) is 5.49. The van der Waals surface area contributed by atoms with E-state index in [1.54, 1.807) is 23.7 Å². The van der Waals surface area contributed by atoms with E-state index in [9.17, 15) is 9.59 Å². The van der Waals surface area contributed by atoms with Gasteiger partial charge >= 0.3 is 0 Å². The Balaban J connectivity index is 1.64. The molecule has 0 saturated carbocycles. The molecule has 0 fully saturated rings. The molecular formula is C20H18N4O4S. The predicted octanol–water partition coefficient (Wildman–Crippen LogP) is 3.22. The van der Waals surface area contributed by atoms with Crippen LogP contribution < -0.4 is 10.1 Å². The zero-order valence-electron chi connectivity index (χ0n) is 15.5. The van der Waals surface area contributed by atoms with Gasteiger partial charge in [-0.1, -0.05) is 0 Å². The van der Waals surface area contributed by atoms with Crippen LogP contribution in [0.5, 0.6) is 5.88 Å². The molecule has 4 rings (SSSR count). The highest BCUT2D eigenvalue weighted by Crippen LogP contribution is 2.26. The van der Waals surface area contributed by atoms with Crippen molar-refractivity contribution in [3.63, 3.8) is 0 Å². The first kappa shape index (κ1) is 19.2. The van der Waals surface area contributed by atoms with Gasteiger partial charge < -0.3 is 14.8 Å². The monoisotopic (exact) mass is 410 g/mol. The smallest absolute Gasteiger partial charge is 0.275 e. The number of ketones is 1. The fourth-order valence-electron chi connectivity index (χ4n) is 2.82. The summed E-state index contributed by atoms with van der Waals surface area (Å²) in [5, 5.41) is 5.12. The Morgan fingerprint density at radius 3 is 2.97 bits per heavy atom. The van der Waals surface area contributed by atoms with Crippen molar-refractivity contribution >= 4 is 28.7 Å². The molecule has 148 valence electrons. The minimum absolute atomic E-state index is 0.104. The number of nitrogens with zero attached hydrogens (tertiary/aromatic N) is 3. The number of hydrogen-bond acceptors (Lipinski definition) is 8. The number of carbonyl (C=O) groups excluding carboxylic acids is 2. The summed E-state index contributed by atoms with van der Waals surface area (Å²) in [7, 11) is 0. The van der Waals surface area contributed by atoms with Gasteiger partial charge in [-0.2, -0.15) is 0 Å². The quantitative estimate of drug-likeness (QED) is 0.607. The second-order valence-electron chi connectivity index (χ2n) is 6.28. The average Bonchev–Trinajstić information content (AvgIpc) is 3.23. The maximum absolute atomic E-state index is 12.7. The van der Waals surface area contributed by atoms with Crippen LogP contribution in [0.2, 0.25) is 0 Å². The van der Waals surface area contributed by atoms with Crippen LogP contribution in [0, 0.1) is 0 Å². The summed E-state index contributed by atoms with van der Waals surface area (Å²) in [6.45, 7) is 1.18. The molecule has 29 heavy (non-hydrogen) atoms. The van der Waals surface area contributed by atoms with Gasteiger partial charge in [0.1, 0.15) is 17.3 Å². The summed E-state index contributed by atoms with van der Waals surface area (Å²) in [4.78, 5) is 37.8. The third-order valence-corrected chi connectivity index (χ3v) is 5.15. The number of aromatic nitrogens is 3. The maximum atomic E-state index is 12.7. The Hall–Kier alpha value is -3.17. The van der Waals surface area contributed by atoms with E-state index < -0.39 is 0 Å². The first-order valence-corrected chi connectivity index (χ1v) is 10.00. The third kappa shape index (κ3) is 4.64. The van der Waals surface area contributed by atoms with Crippen molar-refractivity contribution in [1.29, 1.82) is 0 Å². The number of hydrogen-bond donors (Lipinski definition) is 1. The fourth-order valence-corrected chi connectivity index (χ4v) is 3.62. The van der Waals surface area contributed by atoms with Crippen LogP contribution in [0.3, 0.4) is 0 Å². The minimum atomic E-state index is -0.386. The molecule has 0 spiro atoms. The summed E-state index contributed by atoms with van der Waals surface area (Å²) in [6, 6.07) is 5.20. The van der Waals surface area contributed by atoms with Crippen molar-refractivity contribution in [2.24, 2.45) is 0 Å². The highest BCUT2D eigenvalue weighted by Gasteiger charge is 2.17. The van der Waals surface area contributed by atoms with Gasteiger partial charge in [0, 0.05) is 48.6 Å². The molecule has 4 heterocycles. The van der Waals surface area contributed by atoms with Crippen LogP contribution in [0.25, 0.3) is 10.6 Å². The first-order chi connectivity index (χ1) is 14.2. The van der Waals surface area contributed by atoms with Crippen LogP contribution in [-0.4, -0.2) is 46.5 Å². The summed E-state index contributed by atoms with van der Waals surface area (Å²) >= 11 is 1.34. The van der Waals surface area contributed by atoms with E-state index in [0.29, 0.717) is 54.8 Å². The van der Waals surface area contributed by atoms with Crippen molar-refractivity contribution in [3.05, 3.63) is 53.4 Å². The highest BCUT2D eigenvalue weighted by molar-refractivity contribution is 7.13. The molecule has 1 aliphatic rings. The largest absolute Gasteiger partial charge is 0.475 e. The van der Waals surface area contributed by atoms with Crippen LogP contribution in [-0.2, 0) is 4.74 Å². The number of nitrogens with one attached hydrogen (secondary N) is 1. The zero-order valence-corrected chi connectivity index (χ0v) is 16.3. The van der Waals surface area contributed by atoms with Gasteiger partial charge in [0.2, 0.25) is 5.88 Å². The van der Waals surface area contributed by atoms with Gasteiger partial charge in [-0.15, -0.1) is 11.3 Å². The predicted molar refractivity (Wildman–Crippen MR) is 107 cm³/mol. The van der Waals surface area contributed by atoms with Gasteiger partial charge in [0.15, 0.2) is 5.78 Å². The van der Waals surface area contributed by atoms with E-state index in [1.165, 1.54) is 23.7 Å². The molecule has 1 amide bonds. The van der Waals surface area contributed by atoms with Crippen molar-refractivity contribution in [2.75, 3.05) is 25.1 Å². The molecule has 0 aliphatic carbocycles. The molecular weight excluding hydrogens is 392 g/mol. The number of ether oxygens (including phenoxy) is 2. The fraction of sp³-hybridized carbons (Fsp3) is 0.250. The van der Waals surface area contributed by atoms with E-state index in [2.05, 4.69) is 20.3 Å². The number of amides is 1. The Morgan fingerprint density at radius 1 is 1.10 bits per heavy atom. The lowest BCUT2D eigenvalue weighted by Crippen LogP contribution is -2.16. The molecule has 0 unspecified atom stereocenters. The Bertz CT molecular complexity index is 1040. The van der Waals surface area contributed by atoms with E-state index >= 15 is 0 Å². The molecule has 3 aromatic rings. The molecule has 3 aromatic heterocycles. The number of thiazole rings is 1. The number of carbonyl (C=O) groups is 2. The maximum Gasteiger partial charge on any atom is 0.275 e. The molecule has 0 atom stereocenters. The van der Waals surface area contributed by atoms with Gasteiger partial charge in [0.25, 0.3) is 5.91 Å². The SMILES string of the molecule is O=C1Nc2ccncc2C(=O)CCCOCCOc2cc(ccn2)-c2nc1cs2. The Morgan fingerprint density at radius 2 is 2.03 bits per heavy atom. The van der Waals surface area contributed by atoms with Gasteiger partial charge in [-0.3, -0.25) is 14.6 Å². The minimum Gasteiger partial charge on any atom is -0.475 e. The lowest BCUT2D eigenvalue weighted by molar-refractivity contribution is 0.0864. The van der Waals surface area contributed by atoms with Crippen LogP contribution >= 0.6 is 11.3 Å². The molecule has 9 heteroatoms. The van der Waals surface area contributed by atoms with E-state index in [1.807, 2.05) is 6.07 Å². The average molecular weight is 410 g/mol. The van der Waals surface area contributed by atoms with E-state index in [0.717, 1.165) is 5.56 Å². The first-order valence-electron chi connectivity index (χ1n) is 9.12. The number of Topliss-reactive ketones (excluding diaryl/α,β-unsaturated/α-hetero) is 1. The van der Waals surface area contributed by atoms with Crippen LogP contribution in [0.4, 0.5) is 5.69 Å². The second-order valence-corrected chi connectivity index (χ2v) is 7.14. The molecule has 0 radical (unpaired) electrons. The lowest BCUT2D eigenvalue weighted by Gasteiger charge is -2.10. The topological polar surface area (TPSA) is 103 Å². The van der Waals surface area contributed by atoms with Crippen molar-refractivity contribution in [2.45, 2.75) is 12.8 Å². The third-order valence-electron chi connectivity index (χ3n) is 4.26. The van der Waals surface area contributed by atoms with Crippen molar-refractivity contribution < 1.29 is 19.1 Å². The van der Waals surface area contributed by atoms with Gasteiger partial charge in [-0.25, -0.2) is 9.97 Å². The van der Waals surface area contributed by atoms with Gasteiger partial charge in [0.05, 0.1) is 17.9 Å². The molecule has 8 nitrogen and oxygen atoms in total. The Kier molecular flexibility index (Phi) is 5.87. The number of fused-ring (bicyclic) bond motifs is 6. The number of rotatable bonds is 0. The molecule has 0 aromatic carbocycles. The number of anilines is 1. The molecule has 1 N–H and O–H groups in total.